The van der Waals surface area contributed by atoms with E-state index in [0.29, 0.717) is 46.1 Å². The Labute approximate surface area is 249 Å². The Morgan fingerprint density at radius 3 is 2.79 bits per heavy atom. The lowest BCUT2D eigenvalue weighted by molar-refractivity contribution is 0.108. The molecule has 1 N–H and O–H groups in total. The summed E-state index contributed by atoms with van der Waals surface area (Å²) < 4.78 is 37.9. The summed E-state index contributed by atoms with van der Waals surface area (Å²) in [6, 6.07) is 8.89. The van der Waals surface area contributed by atoms with Crippen LogP contribution < -0.4 is 15.0 Å². The van der Waals surface area contributed by atoms with E-state index in [-0.39, 0.29) is 28.3 Å². The second kappa shape index (κ2) is 10.4. The lowest BCUT2D eigenvalue weighted by Gasteiger charge is -2.31. The monoisotopic (exact) mass is 580 g/mol. The molecule has 0 amide bonds. The summed E-state index contributed by atoms with van der Waals surface area (Å²) in [6.07, 6.45) is 14.0. The van der Waals surface area contributed by atoms with Crippen molar-refractivity contribution in [2.75, 3.05) is 44.2 Å². The summed E-state index contributed by atoms with van der Waals surface area (Å²) in [5.74, 6) is 2.61. The normalized spacial score (nSPS) is 23.0. The number of terminal acetylenes is 1. The highest BCUT2D eigenvalue weighted by molar-refractivity contribution is 6.02. The largest absolute Gasteiger partial charge is 0.461 e. The highest BCUT2D eigenvalue weighted by Gasteiger charge is 2.45. The maximum atomic E-state index is 16.7. The molecule has 0 radical (unpaired) electrons. The van der Waals surface area contributed by atoms with Crippen molar-refractivity contribution in [3.05, 3.63) is 53.7 Å². The summed E-state index contributed by atoms with van der Waals surface area (Å²) in [5, 5.41) is 5.33. The van der Waals surface area contributed by atoms with Gasteiger partial charge in [-0.3, -0.25) is 9.88 Å². The van der Waals surface area contributed by atoms with Crippen LogP contribution in [0.25, 0.3) is 32.9 Å². The quantitative estimate of drug-likeness (QED) is 0.322. The van der Waals surface area contributed by atoms with Gasteiger partial charge in [-0.05, 0) is 75.5 Å². The fourth-order valence-electron chi connectivity index (χ4n) is 8.02. The van der Waals surface area contributed by atoms with Gasteiger partial charge in [-0.2, -0.15) is 9.97 Å². The molecule has 2 aromatic carbocycles. The van der Waals surface area contributed by atoms with E-state index < -0.39 is 11.6 Å². The van der Waals surface area contributed by atoms with Gasteiger partial charge >= 0.3 is 6.01 Å². The second-order valence-corrected chi connectivity index (χ2v) is 12.6. The van der Waals surface area contributed by atoms with E-state index in [1.54, 1.807) is 24.4 Å². The minimum atomic E-state index is -0.596. The molecular formula is C34H34F2N6O. The Bertz CT molecular complexity index is 1780. The summed E-state index contributed by atoms with van der Waals surface area (Å²) in [5.41, 5.74) is 0.740. The van der Waals surface area contributed by atoms with E-state index in [0.717, 1.165) is 71.2 Å². The molecule has 9 heteroatoms. The first-order valence-electron chi connectivity index (χ1n) is 15.4. The molecule has 4 fully saturated rings. The van der Waals surface area contributed by atoms with Crippen LogP contribution in [0.1, 0.15) is 44.1 Å². The molecule has 2 aromatic heterocycles. The molecule has 0 aliphatic carbocycles. The zero-order valence-corrected chi connectivity index (χ0v) is 24.1. The van der Waals surface area contributed by atoms with Gasteiger partial charge in [-0.15, -0.1) is 6.42 Å². The van der Waals surface area contributed by atoms with Crippen LogP contribution in [0.2, 0.25) is 0 Å². The van der Waals surface area contributed by atoms with Gasteiger partial charge in [0, 0.05) is 36.3 Å². The molecule has 220 valence electrons. The van der Waals surface area contributed by atoms with Gasteiger partial charge in [-0.1, -0.05) is 30.2 Å². The van der Waals surface area contributed by atoms with Crippen LogP contribution in [-0.2, 0) is 0 Å². The van der Waals surface area contributed by atoms with Crippen LogP contribution in [-0.4, -0.2) is 70.8 Å². The Balaban J connectivity index is 1.27. The van der Waals surface area contributed by atoms with Gasteiger partial charge in [-0.25, -0.2) is 8.78 Å². The number of aromatic nitrogens is 3. The Hall–Kier alpha value is -3.87. The zero-order chi connectivity index (χ0) is 29.1. The van der Waals surface area contributed by atoms with Crippen LogP contribution >= 0.6 is 0 Å². The first-order chi connectivity index (χ1) is 21.0. The van der Waals surface area contributed by atoms with Crippen LogP contribution in [0.15, 0.2) is 36.5 Å². The highest BCUT2D eigenvalue weighted by atomic mass is 19.1. The van der Waals surface area contributed by atoms with Gasteiger partial charge in [0.1, 0.15) is 29.5 Å². The first-order valence-corrected chi connectivity index (χ1v) is 15.4. The standard InChI is InChI=1S/C34H34F2N6O/c1-2-24-27(35)9-8-22-6-3-7-25(28(22)24)30-29(36)31-26(18-38-30)32(41-15-10-21-16-23(19-41)37-17-21)40-33(39-31)43-20-34-11-4-13-42(34)14-5-12-34/h1,3,6-9,18,21,23,37H,4-5,10-17,19-20H2. The molecule has 0 spiro atoms. The average molecular weight is 581 g/mol. The highest BCUT2D eigenvalue weighted by Crippen LogP contribution is 2.40. The van der Waals surface area contributed by atoms with E-state index in [9.17, 15) is 4.39 Å². The summed E-state index contributed by atoms with van der Waals surface area (Å²) in [7, 11) is 0. The van der Waals surface area contributed by atoms with E-state index in [1.807, 2.05) is 6.07 Å². The van der Waals surface area contributed by atoms with Crippen LogP contribution in [0.5, 0.6) is 6.01 Å². The SMILES string of the molecule is C#Cc1c(F)ccc2cccc(-c3ncc4c(N5CCC6CNC(C6)C5)nc(OCC56CCCN5CCC6)nc4c3F)c12. The molecule has 4 aliphatic rings. The molecule has 2 atom stereocenters. The molecule has 8 rings (SSSR count). The van der Waals surface area contributed by atoms with Crippen molar-refractivity contribution in [1.82, 2.24) is 25.2 Å². The van der Waals surface area contributed by atoms with Gasteiger partial charge in [0.25, 0.3) is 0 Å². The van der Waals surface area contributed by atoms with Crippen molar-refractivity contribution in [2.45, 2.75) is 50.1 Å². The summed E-state index contributed by atoms with van der Waals surface area (Å²) in [4.78, 5) is 19.0. The minimum absolute atomic E-state index is 0.00472. The van der Waals surface area contributed by atoms with Gasteiger partial charge in [0.15, 0.2) is 5.82 Å². The molecule has 2 bridgehead atoms. The minimum Gasteiger partial charge on any atom is -0.461 e. The molecule has 4 aromatic rings. The number of anilines is 1. The van der Waals surface area contributed by atoms with Crippen molar-refractivity contribution < 1.29 is 13.5 Å². The number of benzene rings is 2. The number of pyridine rings is 1. The molecule has 7 nitrogen and oxygen atoms in total. The molecule has 4 aliphatic heterocycles. The molecular weight excluding hydrogens is 546 g/mol. The number of fused-ring (bicyclic) bond motifs is 5. The number of nitrogens with zero attached hydrogens (tertiary/aromatic N) is 5. The Morgan fingerprint density at radius 1 is 1.09 bits per heavy atom. The third-order valence-electron chi connectivity index (χ3n) is 10.2. The lowest BCUT2D eigenvalue weighted by Crippen LogP contribution is -2.43. The molecule has 6 heterocycles. The maximum Gasteiger partial charge on any atom is 0.319 e. The molecule has 4 saturated heterocycles. The molecule has 0 saturated carbocycles. The van der Waals surface area contributed by atoms with Crippen molar-refractivity contribution >= 4 is 27.5 Å². The second-order valence-electron chi connectivity index (χ2n) is 12.6. The maximum absolute atomic E-state index is 16.7. The van der Waals surface area contributed by atoms with E-state index >= 15 is 4.39 Å². The predicted octanol–water partition coefficient (Wildman–Crippen LogP) is 5.30. The van der Waals surface area contributed by atoms with Crippen LogP contribution in [0.4, 0.5) is 14.6 Å². The Morgan fingerprint density at radius 2 is 1.95 bits per heavy atom. The van der Waals surface area contributed by atoms with Crippen molar-refractivity contribution in [3.8, 4) is 29.6 Å². The van der Waals surface area contributed by atoms with E-state index in [2.05, 4.69) is 31.0 Å². The topological polar surface area (TPSA) is 66.4 Å². The number of rotatable bonds is 5. The predicted molar refractivity (Wildman–Crippen MR) is 163 cm³/mol. The van der Waals surface area contributed by atoms with Crippen LogP contribution in [0, 0.1) is 29.9 Å². The zero-order valence-electron chi connectivity index (χ0n) is 24.1. The fourth-order valence-corrected chi connectivity index (χ4v) is 8.02. The van der Waals surface area contributed by atoms with Gasteiger partial charge < -0.3 is 15.0 Å². The smallest absolute Gasteiger partial charge is 0.319 e. The summed E-state index contributed by atoms with van der Waals surface area (Å²) >= 11 is 0. The average Bonchev–Trinajstić information content (AvgIpc) is 3.70. The van der Waals surface area contributed by atoms with E-state index in [4.69, 9.17) is 16.1 Å². The van der Waals surface area contributed by atoms with Crippen LogP contribution in [0.3, 0.4) is 0 Å². The third-order valence-corrected chi connectivity index (χ3v) is 10.2. The van der Waals surface area contributed by atoms with Gasteiger partial charge in [0.05, 0.1) is 16.5 Å². The summed E-state index contributed by atoms with van der Waals surface area (Å²) in [6.45, 7) is 5.30. The number of nitrogens with one attached hydrogen (secondary N) is 1. The number of halogens is 2. The van der Waals surface area contributed by atoms with Crippen molar-refractivity contribution in [1.29, 1.82) is 0 Å². The van der Waals surface area contributed by atoms with Crippen molar-refractivity contribution in [3.63, 3.8) is 0 Å². The Kier molecular flexibility index (Phi) is 6.46. The number of ether oxygens (including phenoxy) is 1. The molecule has 43 heavy (non-hydrogen) atoms. The van der Waals surface area contributed by atoms with Gasteiger partial charge in [0.2, 0.25) is 0 Å². The van der Waals surface area contributed by atoms with E-state index in [1.165, 1.54) is 6.07 Å². The lowest BCUT2D eigenvalue weighted by atomic mass is 9.95. The third kappa shape index (κ3) is 4.42. The first kappa shape index (κ1) is 26.7. The van der Waals surface area contributed by atoms with Crippen molar-refractivity contribution in [2.24, 2.45) is 5.92 Å². The number of hydrogen-bond donors (Lipinski definition) is 1. The molecule has 2 unspecified atom stereocenters. The number of hydrogen-bond acceptors (Lipinski definition) is 7. The fraction of sp³-hybridized carbons (Fsp3) is 0.441.